The Hall–Kier alpha value is -0.960. The number of nitrogens with zero attached hydrogens (tertiary/aromatic N) is 1. The Labute approximate surface area is 88.3 Å². The van der Waals surface area contributed by atoms with E-state index >= 15 is 0 Å². The van der Waals surface area contributed by atoms with Crippen LogP contribution in [0.4, 0.5) is 5.69 Å². The van der Waals surface area contributed by atoms with E-state index in [1.54, 1.807) is 11.8 Å². The largest absolute Gasteiger partial charge is 0.311 e. The van der Waals surface area contributed by atoms with Gasteiger partial charge in [0.2, 0.25) is 5.91 Å². The average Bonchev–Trinajstić information content (AvgIpc) is 2.23. The van der Waals surface area contributed by atoms with Crippen molar-refractivity contribution in [1.82, 2.24) is 0 Å². The quantitative estimate of drug-likeness (QED) is 0.742. The molecule has 0 bridgehead atoms. The molecule has 0 unspecified atom stereocenters. The van der Waals surface area contributed by atoms with Crippen molar-refractivity contribution >= 4 is 23.4 Å². The summed E-state index contributed by atoms with van der Waals surface area (Å²) in [6.07, 6.45) is 1.00. The predicted molar refractivity (Wildman–Crippen MR) is 59.8 cm³/mol. The maximum atomic E-state index is 11.7. The monoisotopic (exact) mass is 207 g/mol. The molecule has 1 amide bonds. The van der Waals surface area contributed by atoms with E-state index in [-0.39, 0.29) is 5.91 Å². The number of hydrogen-bond donors (Lipinski definition) is 0. The molecule has 0 spiro atoms. The second kappa shape index (κ2) is 4.05. The minimum absolute atomic E-state index is 0.232. The molecule has 0 aromatic heterocycles. The first-order valence-electron chi connectivity index (χ1n) is 4.85. The lowest BCUT2D eigenvalue weighted by atomic mass is 10.2. The van der Waals surface area contributed by atoms with Gasteiger partial charge in [-0.05, 0) is 18.6 Å². The summed E-state index contributed by atoms with van der Waals surface area (Å²) in [4.78, 5) is 14.8. The van der Waals surface area contributed by atoms with Crippen LogP contribution in [0, 0.1) is 0 Å². The molecule has 1 aliphatic heterocycles. The molecule has 1 aromatic rings. The third kappa shape index (κ3) is 1.64. The first-order chi connectivity index (χ1) is 6.83. The van der Waals surface area contributed by atoms with Crippen LogP contribution in [0.5, 0.6) is 0 Å². The highest BCUT2D eigenvalue weighted by Crippen LogP contribution is 2.34. The summed E-state index contributed by atoms with van der Waals surface area (Å²) in [5, 5.41) is 0. The molecule has 0 saturated carbocycles. The van der Waals surface area contributed by atoms with Crippen LogP contribution < -0.4 is 4.90 Å². The molecular weight excluding hydrogens is 194 g/mol. The van der Waals surface area contributed by atoms with Crippen LogP contribution >= 0.6 is 11.8 Å². The van der Waals surface area contributed by atoms with Crippen LogP contribution in [0.3, 0.4) is 0 Å². The van der Waals surface area contributed by atoms with Crippen molar-refractivity contribution in [3.05, 3.63) is 24.3 Å². The second-order valence-corrected chi connectivity index (χ2v) is 4.32. The lowest BCUT2D eigenvalue weighted by Crippen LogP contribution is -2.35. The SMILES string of the molecule is CCCN1C(=O)CSc2ccccc21. The van der Waals surface area contributed by atoms with Gasteiger partial charge in [0.15, 0.2) is 0 Å². The molecule has 0 aliphatic carbocycles. The maximum absolute atomic E-state index is 11.7. The van der Waals surface area contributed by atoms with Crippen molar-refractivity contribution in [1.29, 1.82) is 0 Å². The zero-order chi connectivity index (χ0) is 9.97. The van der Waals surface area contributed by atoms with Crippen LogP contribution in [0.25, 0.3) is 0 Å². The standard InChI is InChI=1S/C11H13NOS/c1-2-7-12-9-5-3-4-6-10(9)14-8-11(12)13/h3-6H,2,7-8H2,1H3. The smallest absolute Gasteiger partial charge is 0.237 e. The summed E-state index contributed by atoms with van der Waals surface area (Å²) in [6.45, 7) is 2.92. The Bertz CT molecular complexity index is 351. The molecule has 1 heterocycles. The maximum Gasteiger partial charge on any atom is 0.237 e. The van der Waals surface area contributed by atoms with Gasteiger partial charge in [0.25, 0.3) is 0 Å². The summed E-state index contributed by atoms with van der Waals surface area (Å²) in [5.41, 5.74) is 1.08. The number of para-hydroxylation sites is 1. The molecule has 74 valence electrons. The van der Waals surface area contributed by atoms with E-state index < -0.39 is 0 Å². The number of carbonyl (C=O) groups excluding carboxylic acids is 1. The van der Waals surface area contributed by atoms with Crippen LogP contribution in [0.1, 0.15) is 13.3 Å². The normalized spacial score (nSPS) is 15.5. The topological polar surface area (TPSA) is 20.3 Å². The van der Waals surface area contributed by atoms with Crippen LogP contribution in [0.15, 0.2) is 29.2 Å². The molecule has 2 rings (SSSR count). The number of thioether (sulfide) groups is 1. The molecule has 0 radical (unpaired) electrons. The highest BCUT2D eigenvalue weighted by molar-refractivity contribution is 8.00. The number of carbonyl (C=O) groups is 1. The molecule has 0 N–H and O–H groups in total. The molecule has 3 heteroatoms. The summed E-state index contributed by atoms with van der Waals surface area (Å²) < 4.78 is 0. The fourth-order valence-corrected chi connectivity index (χ4v) is 2.56. The number of anilines is 1. The van der Waals surface area contributed by atoms with Gasteiger partial charge in [0.1, 0.15) is 0 Å². The Kier molecular flexibility index (Phi) is 2.77. The van der Waals surface area contributed by atoms with Crippen molar-refractivity contribution in [3.8, 4) is 0 Å². The average molecular weight is 207 g/mol. The highest BCUT2D eigenvalue weighted by atomic mass is 32.2. The molecule has 0 atom stereocenters. The molecule has 2 nitrogen and oxygen atoms in total. The molecule has 14 heavy (non-hydrogen) atoms. The Morgan fingerprint density at radius 1 is 1.43 bits per heavy atom. The Morgan fingerprint density at radius 3 is 3.00 bits per heavy atom. The highest BCUT2D eigenvalue weighted by Gasteiger charge is 2.22. The summed E-state index contributed by atoms with van der Waals surface area (Å²) >= 11 is 1.64. The van der Waals surface area contributed by atoms with Gasteiger partial charge in [-0.1, -0.05) is 19.1 Å². The summed E-state index contributed by atoms with van der Waals surface area (Å²) in [7, 11) is 0. The molecule has 1 aromatic carbocycles. The van der Waals surface area contributed by atoms with Gasteiger partial charge in [-0.3, -0.25) is 4.79 Å². The first-order valence-corrected chi connectivity index (χ1v) is 5.83. The van der Waals surface area contributed by atoms with Gasteiger partial charge in [-0.2, -0.15) is 0 Å². The molecule has 0 fully saturated rings. The lowest BCUT2D eigenvalue weighted by molar-refractivity contribution is -0.116. The Morgan fingerprint density at radius 2 is 2.21 bits per heavy atom. The van der Waals surface area contributed by atoms with E-state index in [2.05, 4.69) is 13.0 Å². The molecule has 0 saturated heterocycles. The number of benzene rings is 1. The van der Waals surface area contributed by atoms with Crippen LogP contribution in [-0.2, 0) is 4.79 Å². The third-order valence-electron chi connectivity index (χ3n) is 2.26. The van der Waals surface area contributed by atoms with Crippen molar-refractivity contribution in [2.24, 2.45) is 0 Å². The van der Waals surface area contributed by atoms with E-state index in [1.165, 1.54) is 4.90 Å². The fourth-order valence-electron chi connectivity index (χ4n) is 1.62. The van der Waals surface area contributed by atoms with Crippen molar-refractivity contribution < 1.29 is 4.79 Å². The van der Waals surface area contributed by atoms with Crippen molar-refractivity contribution in [2.45, 2.75) is 18.2 Å². The van der Waals surface area contributed by atoms with E-state index in [0.29, 0.717) is 5.75 Å². The van der Waals surface area contributed by atoms with Gasteiger partial charge in [-0.15, -0.1) is 11.8 Å². The van der Waals surface area contributed by atoms with Gasteiger partial charge in [0, 0.05) is 11.4 Å². The summed E-state index contributed by atoms with van der Waals surface area (Å²) in [6, 6.07) is 8.11. The minimum atomic E-state index is 0.232. The fraction of sp³-hybridized carbons (Fsp3) is 0.364. The van der Waals surface area contributed by atoms with Crippen molar-refractivity contribution in [2.75, 3.05) is 17.2 Å². The van der Waals surface area contributed by atoms with Crippen LogP contribution in [0.2, 0.25) is 0 Å². The van der Waals surface area contributed by atoms with E-state index in [0.717, 1.165) is 18.7 Å². The second-order valence-electron chi connectivity index (χ2n) is 3.30. The van der Waals surface area contributed by atoms with E-state index in [4.69, 9.17) is 0 Å². The third-order valence-corrected chi connectivity index (χ3v) is 3.30. The van der Waals surface area contributed by atoms with E-state index in [9.17, 15) is 4.79 Å². The molecular formula is C11H13NOS. The summed E-state index contributed by atoms with van der Waals surface area (Å²) in [5.74, 6) is 0.812. The zero-order valence-electron chi connectivity index (χ0n) is 8.19. The lowest BCUT2D eigenvalue weighted by Gasteiger charge is -2.28. The van der Waals surface area contributed by atoms with Gasteiger partial charge < -0.3 is 4.90 Å². The van der Waals surface area contributed by atoms with E-state index in [1.807, 2.05) is 23.1 Å². The van der Waals surface area contributed by atoms with Gasteiger partial charge in [0.05, 0.1) is 11.4 Å². The van der Waals surface area contributed by atoms with Crippen LogP contribution in [-0.4, -0.2) is 18.2 Å². The first kappa shape index (κ1) is 9.59. The number of hydrogen-bond acceptors (Lipinski definition) is 2. The number of fused-ring (bicyclic) bond motifs is 1. The van der Waals surface area contributed by atoms with Gasteiger partial charge >= 0.3 is 0 Å². The number of rotatable bonds is 2. The number of amides is 1. The van der Waals surface area contributed by atoms with Crippen molar-refractivity contribution in [3.63, 3.8) is 0 Å². The zero-order valence-corrected chi connectivity index (χ0v) is 9.01. The molecule has 1 aliphatic rings. The van der Waals surface area contributed by atoms with Gasteiger partial charge in [-0.25, -0.2) is 0 Å². The predicted octanol–water partition coefficient (Wildman–Crippen LogP) is 2.54. The Balaban J connectivity index is 2.36. The minimum Gasteiger partial charge on any atom is -0.311 e.